The van der Waals surface area contributed by atoms with Gasteiger partial charge in [0.15, 0.2) is 11.8 Å². The molecule has 2 aromatic rings. The second-order valence-corrected chi connectivity index (χ2v) is 7.06. The number of nitrogens with one attached hydrogen (secondary N) is 2. The van der Waals surface area contributed by atoms with Crippen LogP contribution in [-0.4, -0.2) is 58.7 Å². The van der Waals surface area contributed by atoms with E-state index in [-0.39, 0.29) is 29.9 Å². The van der Waals surface area contributed by atoms with E-state index in [1.165, 1.54) is 0 Å². The highest BCUT2D eigenvalue weighted by molar-refractivity contribution is 14.0. The Labute approximate surface area is 189 Å². The Balaban J connectivity index is 0.00000300. The van der Waals surface area contributed by atoms with Crippen LogP contribution >= 0.6 is 24.0 Å². The molecular formula is C20H30IN7O. The molecule has 2 N–H and O–H groups in total. The van der Waals surface area contributed by atoms with Crippen LogP contribution in [0, 0.1) is 0 Å². The number of carbonyl (C=O) groups excluding carboxylic acids is 1. The van der Waals surface area contributed by atoms with Crippen molar-refractivity contribution in [2.24, 2.45) is 4.99 Å². The monoisotopic (exact) mass is 511 g/mol. The fourth-order valence-electron chi connectivity index (χ4n) is 3.26. The molecule has 0 fully saturated rings. The summed E-state index contributed by atoms with van der Waals surface area (Å²) in [6.45, 7) is 5.05. The molecule has 0 aliphatic carbocycles. The summed E-state index contributed by atoms with van der Waals surface area (Å²) < 4.78 is 2.17. The normalized spacial score (nSPS) is 12.9. The van der Waals surface area contributed by atoms with Crippen molar-refractivity contribution in [3.05, 3.63) is 47.0 Å². The topological polar surface area (TPSA) is 87.4 Å². The Morgan fingerprint density at radius 1 is 1.28 bits per heavy atom. The van der Waals surface area contributed by atoms with Gasteiger partial charge in [-0.2, -0.15) is 0 Å². The second-order valence-electron chi connectivity index (χ2n) is 7.06. The third-order valence-electron chi connectivity index (χ3n) is 4.70. The molecule has 1 aromatic carbocycles. The van der Waals surface area contributed by atoms with Gasteiger partial charge in [-0.05, 0) is 37.5 Å². The van der Waals surface area contributed by atoms with Gasteiger partial charge < -0.3 is 20.1 Å². The van der Waals surface area contributed by atoms with Crippen molar-refractivity contribution in [3.63, 3.8) is 0 Å². The lowest BCUT2D eigenvalue weighted by Crippen LogP contribution is -2.38. The standard InChI is InChI=1S/C20H29N7O.HI/c1-4-21-20(23-14-18-25-24-17-9-6-12-27(17)18)22-11-10-15-7-5-8-16(13-15)19(28)26(2)3;/h5,7-8,13H,4,6,9-12,14H2,1-3H3,(H2,21,22,23);1H. The summed E-state index contributed by atoms with van der Waals surface area (Å²) in [6.07, 6.45) is 2.94. The molecule has 8 nitrogen and oxygen atoms in total. The van der Waals surface area contributed by atoms with Crippen LogP contribution in [0.4, 0.5) is 0 Å². The van der Waals surface area contributed by atoms with Crippen molar-refractivity contribution >= 4 is 35.8 Å². The quantitative estimate of drug-likeness (QED) is 0.337. The third kappa shape index (κ3) is 6.15. The molecule has 0 unspecified atom stereocenters. The van der Waals surface area contributed by atoms with E-state index in [4.69, 9.17) is 0 Å². The number of rotatable bonds is 7. The van der Waals surface area contributed by atoms with Gasteiger partial charge in [-0.25, -0.2) is 4.99 Å². The second kappa shape index (κ2) is 11.1. The lowest BCUT2D eigenvalue weighted by atomic mass is 10.1. The third-order valence-corrected chi connectivity index (χ3v) is 4.70. The number of halogens is 1. The molecular weight excluding hydrogens is 481 g/mol. The predicted octanol–water partition coefficient (Wildman–Crippen LogP) is 1.84. The van der Waals surface area contributed by atoms with Gasteiger partial charge in [0.1, 0.15) is 12.4 Å². The zero-order valence-electron chi connectivity index (χ0n) is 17.3. The molecule has 0 saturated carbocycles. The lowest BCUT2D eigenvalue weighted by molar-refractivity contribution is 0.0827. The van der Waals surface area contributed by atoms with Crippen molar-refractivity contribution in [1.29, 1.82) is 0 Å². The zero-order valence-corrected chi connectivity index (χ0v) is 19.6. The molecule has 0 saturated heterocycles. The van der Waals surface area contributed by atoms with E-state index >= 15 is 0 Å². The summed E-state index contributed by atoms with van der Waals surface area (Å²) >= 11 is 0. The van der Waals surface area contributed by atoms with Crippen LogP contribution in [0.1, 0.15) is 40.9 Å². The molecule has 0 spiro atoms. The molecule has 1 aliphatic heterocycles. The number of fused-ring (bicyclic) bond motifs is 1. The molecule has 3 rings (SSSR count). The molecule has 158 valence electrons. The van der Waals surface area contributed by atoms with Crippen molar-refractivity contribution in [2.45, 2.75) is 39.3 Å². The summed E-state index contributed by atoms with van der Waals surface area (Å²) in [5.74, 6) is 2.76. The van der Waals surface area contributed by atoms with Crippen LogP contribution in [-0.2, 0) is 25.9 Å². The number of guanidine groups is 1. The van der Waals surface area contributed by atoms with Gasteiger partial charge in [0, 0.05) is 45.7 Å². The van der Waals surface area contributed by atoms with Gasteiger partial charge in [0.25, 0.3) is 5.91 Å². The van der Waals surface area contributed by atoms with Crippen molar-refractivity contribution < 1.29 is 4.79 Å². The van der Waals surface area contributed by atoms with E-state index < -0.39 is 0 Å². The SMILES string of the molecule is CCNC(=NCc1nnc2n1CCC2)NCCc1cccc(C(=O)N(C)C)c1.I. The summed E-state index contributed by atoms with van der Waals surface area (Å²) in [5, 5.41) is 15.1. The first-order valence-electron chi connectivity index (χ1n) is 9.82. The number of aryl methyl sites for hydroxylation is 1. The summed E-state index contributed by atoms with van der Waals surface area (Å²) in [4.78, 5) is 18.3. The first-order chi connectivity index (χ1) is 13.6. The highest BCUT2D eigenvalue weighted by atomic mass is 127. The molecule has 2 heterocycles. The Bertz CT molecular complexity index is 847. The fraction of sp³-hybridized carbons (Fsp3) is 0.500. The maximum absolute atomic E-state index is 12.1. The maximum atomic E-state index is 12.1. The van der Waals surface area contributed by atoms with Crippen LogP contribution in [0.15, 0.2) is 29.3 Å². The minimum Gasteiger partial charge on any atom is -0.357 e. The number of aliphatic imine (C=N–C) groups is 1. The van der Waals surface area contributed by atoms with Crippen LogP contribution in [0.25, 0.3) is 0 Å². The fourth-order valence-corrected chi connectivity index (χ4v) is 3.26. The van der Waals surface area contributed by atoms with Gasteiger partial charge in [0.05, 0.1) is 0 Å². The van der Waals surface area contributed by atoms with E-state index in [0.717, 1.165) is 62.1 Å². The smallest absolute Gasteiger partial charge is 0.253 e. The Morgan fingerprint density at radius 2 is 2.10 bits per heavy atom. The van der Waals surface area contributed by atoms with Crippen LogP contribution in [0.5, 0.6) is 0 Å². The van der Waals surface area contributed by atoms with E-state index in [9.17, 15) is 4.79 Å². The summed E-state index contributed by atoms with van der Waals surface area (Å²) in [6, 6.07) is 7.77. The van der Waals surface area contributed by atoms with Gasteiger partial charge in [0.2, 0.25) is 0 Å². The number of carbonyl (C=O) groups is 1. The molecule has 9 heteroatoms. The molecule has 1 amide bonds. The first kappa shape index (κ1) is 23.1. The van der Waals surface area contributed by atoms with Crippen LogP contribution in [0.2, 0.25) is 0 Å². The number of nitrogens with zero attached hydrogens (tertiary/aromatic N) is 5. The maximum Gasteiger partial charge on any atom is 0.253 e. The Morgan fingerprint density at radius 3 is 2.86 bits per heavy atom. The molecule has 0 bridgehead atoms. The molecule has 29 heavy (non-hydrogen) atoms. The van der Waals surface area contributed by atoms with Crippen molar-refractivity contribution in [1.82, 2.24) is 30.3 Å². The minimum atomic E-state index is 0. The number of aromatic nitrogens is 3. The highest BCUT2D eigenvalue weighted by Gasteiger charge is 2.16. The van der Waals surface area contributed by atoms with Crippen molar-refractivity contribution in [3.8, 4) is 0 Å². The average molecular weight is 511 g/mol. The number of amides is 1. The Kier molecular flexibility index (Phi) is 8.87. The number of hydrogen-bond acceptors (Lipinski definition) is 4. The van der Waals surface area contributed by atoms with Gasteiger partial charge in [-0.3, -0.25) is 4.79 Å². The summed E-state index contributed by atoms with van der Waals surface area (Å²) in [7, 11) is 3.53. The Hall–Kier alpha value is -2.17. The highest BCUT2D eigenvalue weighted by Crippen LogP contribution is 2.14. The minimum absolute atomic E-state index is 0. The van der Waals surface area contributed by atoms with Gasteiger partial charge >= 0.3 is 0 Å². The van der Waals surface area contributed by atoms with Gasteiger partial charge in [-0.1, -0.05) is 12.1 Å². The predicted molar refractivity (Wildman–Crippen MR) is 125 cm³/mol. The van der Waals surface area contributed by atoms with E-state index in [1.807, 2.05) is 31.2 Å². The molecule has 1 aliphatic rings. The molecule has 0 atom stereocenters. The first-order valence-corrected chi connectivity index (χ1v) is 9.82. The lowest BCUT2D eigenvalue weighted by Gasteiger charge is -2.13. The van der Waals surface area contributed by atoms with E-state index in [1.54, 1.807) is 19.0 Å². The van der Waals surface area contributed by atoms with Gasteiger partial charge in [-0.15, -0.1) is 34.2 Å². The summed E-state index contributed by atoms with van der Waals surface area (Å²) in [5.41, 5.74) is 1.83. The molecule has 1 aromatic heterocycles. The van der Waals surface area contributed by atoms with Crippen LogP contribution in [0.3, 0.4) is 0 Å². The van der Waals surface area contributed by atoms with E-state index in [2.05, 4.69) is 30.4 Å². The molecule has 0 radical (unpaired) electrons. The average Bonchev–Trinajstić information content (AvgIpc) is 3.30. The van der Waals surface area contributed by atoms with E-state index in [0.29, 0.717) is 12.1 Å². The number of hydrogen-bond donors (Lipinski definition) is 2. The number of benzene rings is 1. The zero-order chi connectivity index (χ0) is 19.9. The largest absolute Gasteiger partial charge is 0.357 e. The van der Waals surface area contributed by atoms with Crippen LogP contribution < -0.4 is 10.6 Å². The van der Waals surface area contributed by atoms with Crippen molar-refractivity contribution in [2.75, 3.05) is 27.2 Å².